The molecule has 0 fully saturated rings. The van der Waals surface area contributed by atoms with E-state index in [-0.39, 0.29) is 22.7 Å². The Morgan fingerprint density at radius 1 is 1.23 bits per heavy atom. The van der Waals surface area contributed by atoms with Crippen LogP contribution in [0.25, 0.3) is 0 Å². The number of rotatable bonds is 5. The zero-order valence-corrected chi connectivity index (χ0v) is 15.1. The Labute approximate surface area is 151 Å². The third-order valence-electron chi connectivity index (χ3n) is 4.20. The molecule has 1 aromatic rings. The first kappa shape index (κ1) is 19.2. The van der Waals surface area contributed by atoms with Crippen molar-refractivity contribution in [1.29, 1.82) is 0 Å². The summed E-state index contributed by atoms with van der Waals surface area (Å²) in [5.41, 5.74) is 5.37. The van der Waals surface area contributed by atoms with Crippen molar-refractivity contribution in [3.63, 3.8) is 0 Å². The predicted molar refractivity (Wildman–Crippen MR) is 94.8 cm³/mol. The van der Waals surface area contributed by atoms with Crippen molar-refractivity contribution in [3.05, 3.63) is 41.2 Å². The highest BCUT2D eigenvalue weighted by Crippen LogP contribution is 2.36. The minimum atomic E-state index is -0.912. The Hall–Kier alpha value is -3.16. The molecule has 1 aliphatic carbocycles. The molecule has 0 saturated carbocycles. The van der Waals surface area contributed by atoms with E-state index in [1.165, 1.54) is 39.5 Å². The van der Waals surface area contributed by atoms with Crippen molar-refractivity contribution in [2.75, 3.05) is 27.1 Å². The molecule has 0 aliphatic heterocycles. The highest BCUT2D eigenvalue weighted by Gasteiger charge is 2.36. The predicted octanol–water partition coefficient (Wildman–Crippen LogP) is 1.50. The number of esters is 1. The molecule has 1 atom stereocenters. The number of carbonyl (C=O) groups excluding carboxylic acids is 2. The van der Waals surface area contributed by atoms with Crippen LogP contribution in [0.2, 0.25) is 0 Å². The lowest BCUT2D eigenvalue weighted by Crippen LogP contribution is -2.48. The quantitative estimate of drug-likeness (QED) is 0.536. The Kier molecular flexibility index (Phi) is 5.44. The third-order valence-corrected chi connectivity index (χ3v) is 4.20. The van der Waals surface area contributed by atoms with Crippen molar-refractivity contribution in [3.8, 4) is 11.5 Å². The van der Waals surface area contributed by atoms with Gasteiger partial charge in [-0.3, -0.25) is 4.79 Å². The monoisotopic (exact) mass is 362 g/mol. The molecule has 0 aromatic heterocycles. The van der Waals surface area contributed by atoms with E-state index in [9.17, 15) is 14.7 Å². The number of aromatic hydroxyl groups is 1. The number of hydrogen-bond acceptors (Lipinski definition) is 7. The van der Waals surface area contributed by atoms with Gasteiger partial charge in [-0.15, -0.1) is 0 Å². The van der Waals surface area contributed by atoms with Crippen molar-refractivity contribution < 1.29 is 28.9 Å². The molecular formula is C18H22N2O6. The largest absolute Gasteiger partial charge is 0.504 e. The highest BCUT2D eigenvalue weighted by molar-refractivity contribution is 5.99. The number of phenolic OH excluding ortho intramolecular Hbond substituents is 1. The molecule has 0 heterocycles. The molecule has 8 heteroatoms. The number of methoxy groups -OCH3 is 3. The molecule has 2 rings (SSSR count). The number of hydrogen-bond donors (Lipinski definition) is 3. The van der Waals surface area contributed by atoms with Crippen molar-refractivity contribution in [2.45, 2.75) is 18.9 Å². The molecule has 1 aliphatic rings. The van der Waals surface area contributed by atoms with E-state index in [1.807, 2.05) is 0 Å². The molecule has 0 radical (unpaired) electrons. The number of phenols is 1. The summed E-state index contributed by atoms with van der Waals surface area (Å²) in [7, 11) is 4.08. The van der Waals surface area contributed by atoms with E-state index >= 15 is 0 Å². The topological polar surface area (TPSA) is 120 Å². The van der Waals surface area contributed by atoms with E-state index in [0.717, 1.165) is 0 Å². The molecule has 0 spiro atoms. The standard InChI is InChI=1S/C18H22N2O6/c1-18(8-7-10(17(23)26-4)9-13(18)24-2)20-16(22)11-5-6-12(19)15(25-3)14(11)21/h5-7,9,21H,8,19H2,1-4H3,(H,20,22). The van der Waals surface area contributed by atoms with Crippen LogP contribution in [-0.4, -0.2) is 43.9 Å². The Balaban J connectivity index is 2.31. The maximum absolute atomic E-state index is 12.7. The van der Waals surface area contributed by atoms with Gasteiger partial charge >= 0.3 is 5.97 Å². The van der Waals surface area contributed by atoms with E-state index in [2.05, 4.69) is 5.32 Å². The third kappa shape index (κ3) is 3.44. The maximum Gasteiger partial charge on any atom is 0.337 e. The summed E-state index contributed by atoms with van der Waals surface area (Å²) in [5.74, 6) is -0.967. The summed E-state index contributed by atoms with van der Waals surface area (Å²) in [6.45, 7) is 1.75. The summed E-state index contributed by atoms with van der Waals surface area (Å²) in [4.78, 5) is 24.4. The molecule has 1 aromatic carbocycles. The lowest BCUT2D eigenvalue weighted by molar-refractivity contribution is -0.135. The molecule has 26 heavy (non-hydrogen) atoms. The van der Waals surface area contributed by atoms with Gasteiger partial charge in [0.2, 0.25) is 0 Å². The fourth-order valence-corrected chi connectivity index (χ4v) is 2.73. The van der Waals surface area contributed by atoms with E-state index < -0.39 is 17.4 Å². The second-order valence-electron chi connectivity index (χ2n) is 5.94. The first-order chi connectivity index (χ1) is 12.3. The van der Waals surface area contributed by atoms with Crippen molar-refractivity contribution in [1.82, 2.24) is 5.32 Å². The van der Waals surface area contributed by atoms with Crippen LogP contribution in [0.5, 0.6) is 11.5 Å². The van der Waals surface area contributed by atoms with Crippen molar-refractivity contribution >= 4 is 17.6 Å². The number of ether oxygens (including phenoxy) is 3. The summed E-state index contributed by atoms with van der Waals surface area (Å²) < 4.78 is 15.1. The fraction of sp³-hybridized carbons (Fsp3) is 0.333. The number of nitrogen functional groups attached to an aromatic ring is 1. The SMILES string of the molecule is COC(=O)C1=CCC(C)(NC(=O)c2ccc(N)c(OC)c2O)C(OC)=C1. The van der Waals surface area contributed by atoms with Gasteiger partial charge in [0.1, 0.15) is 5.76 Å². The molecular weight excluding hydrogens is 340 g/mol. The molecule has 1 unspecified atom stereocenters. The number of anilines is 1. The number of nitrogens with two attached hydrogens (primary N) is 1. The number of amides is 1. The van der Waals surface area contributed by atoms with Crippen LogP contribution in [0.1, 0.15) is 23.7 Å². The van der Waals surface area contributed by atoms with Crippen LogP contribution < -0.4 is 15.8 Å². The van der Waals surface area contributed by atoms with E-state index in [0.29, 0.717) is 17.8 Å². The Morgan fingerprint density at radius 3 is 2.50 bits per heavy atom. The van der Waals surface area contributed by atoms with E-state index in [4.69, 9.17) is 19.9 Å². The minimum absolute atomic E-state index is 0.00970. The van der Waals surface area contributed by atoms with Gasteiger partial charge in [0, 0.05) is 0 Å². The highest BCUT2D eigenvalue weighted by atomic mass is 16.5. The average Bonchev–Trinajstić information content (AvgIpc) is 2.61. The molecule has 4 N–H and O–H groups in total. The first-order valence-corrected chi connectivity index (χ1v) is 7.80. The minimum Gasteiger partial charge on any atom is -0.504 e. The Bertz CT molecular complexity index is 799. The van der Waals surface area contributed by atoms with Crippen LogP contribution in [-0.2, 0) is 14.3 Å². The molecule has 8 nitrogen and oxygen atoms in total. The van der Waals surface area contributed by atoms with Gasteiger partial charge in [-0.25, -0.2) is 4.79 Å². The summed E-state index contributed by atoms with van der Waals surface area (Å²) in [5, 5.41) is 13.1. The lowest BCUT2D eigenvalue weighted by Gasteiger charge is -2.34. The molecule has 1 amide bonds. The van der Waals surface area contributed by atoms with Crippen molar-refractivity contribution in [2.24, 2.45) is 0 Å². The summed E-state index contributed by atoms with van der Waals surface area (Å²) >= 11 is 0. The normalized spacial score (nSPS) is 19.1. The molecule has 0 bridgehead atoms. The Morgan fingerprint density at radius 2 is 1.92 bits per heavy atom. The van der Waals surface area contributed by atoms with Gasteiger partial charge in [-0.2, -0.15) is 0 Å². The maximum atomic E-state index is 12.7. The second-order valence-corrected chi connectivity index (χ2v) is 5.94. The smallest absolute Gasteiger partial charge is 0.337 e. The van der Waals surface area contributed by atoms with Crippen LogP contribution in [0.4, 0.5) is 5.69 Å². The van der Waals surface area contributed by atoms with Gasteiger partial charge in [0.25, 0.3) is 5.91 Å². The van der Waals surface area contributed by atoms with Crippen LogP contribution in [0.3, 0.4) is 0 Å². The number of benzene rings is 1. The van der Waals surface area contributed by atoms with E-state index in [1.54, 1.807) is 13.0 Å². The number of carbonyl (C=O) groups is 2. The van der Waals surface area contributed by atoms with Gasteiger partial charge < -0.3 is 30.4 Å². The number of nitrogens with one attached hydrogen (secondary N) is 1. The second kappa shape index (κ2) is 7.38. The summed E-state index contributed by atoms with van der Waals surface area (Å²) in [6.07, 6.45) is 3.47. The van der Waals surface area contributed by atoms with Gasteiger partial charge in [0.15, 0.2) is 11.5 Å². The fourth-order valence-electron chi connectivity index (χ4n) is 2.73. The zero-order valence-electron chi connectivity index (χ0n) is 15.1. The van der Waals surface area contributed by atoms with Crippen LogP contribution in [0.15, 0.2) is 35.6 Å². The summed E-state index contributed by atoms with van der Waals surface area (Å²) in [6, 6.07) is 2.87. The lowest BCUT2D eigenvalue weighted by atomic mass is 9.87. The van der Waals surface area contributed by atoms with Gasteiger partial charge in [0.05, 0.1) is 43.7 Å². The molecule has 0 saturated heterocycles. The first-order valence-electron chi connectivity index (χ1n) is 7.80. The zero-order chi connectivity index (χ0) is 19.5. The van der Waals surface area contributed by atoms with Crippen LogP contribution >= 0.6 is 0 Å². The van der Waals surface area contributed by atoms with Gasteiger partial charge in [-0.1, -0.05) is 6.08 Å². The average molecular weight is 362 g/mol. The van der Waals surface area contributed by atoms with Gasteiger partial charge in [-0.05, 0) is 31.6 Å². The molecule has 140 valence electrons. The van der Waals surface area contributed by atoms with Crippen LogP contribution in [0, 0.1) is 0 Å².